The van der Waals surface area contributed by atoms with Gasteiger partial charge in [0.1, 0.15) is 5.75 Å². The fraction of sp³-hybridized carbons (Fsp3) is 0.579. The molecule has 2 unspecified atom stereocenters. The van der Waals surface area contributed by atoms with Crippen molar-refractivity contribution in [1.29, 1.82) is 0 Å². The number of hydrogen-bond acceptors (Lipinski definition) is 2. The highest BCUT2D eigenvalue weighted by Crippen LogP contribution is 2.47. The minimum absolute atomic E-state index is 0.426. The van der Waals surface area contributed by atoms with Crippen molar-refractivity contribution >= 4 is 0 Å². The van der Waals surface area contributed by atoms with E-state index >= 15 is 0 Å². The van der Waals surface area contributed by atoms with Crippen LogP contribution < -0.4 is 0 Å². The van der Waals surface area contributed by atoms with Crippen molar-refractivity contribution in [2.75, 3.05) is 13.1 Å². The van der Waals surface area contributed by atoms with Gasteiger partial charge in [-0.2, -0.15) is 0 Å². The van der Waals surface area contributed by atoms with E-state index in [0.29, 0.717) is 17.7 Å². The van der Waals surface area contributed by atoms with Gasteiger partial charge < -0.3 is 5.11 Å². The van der Waals surface area contributed by atoms with Gasteiger partial charge in [-0.1, -0.05) is 31.9 Å². The molecule has 1 fully saturated rings. The summed E-state index contributed by atoms with van der Waals surface area (Å²) >= 11 is 0. The van der Waals surface area contributed by atoms with Crippen LogP contribution in [0.3, 0.4) is 0 Å². The Morgan fingerprint density at radius 1 is 1.33 bits per heavy atom. The largest absolute Gasteiger partial charge is 0.508 e. The van der Waals surface area contributed by atoms with Gasteiger partial charge in [-0.3, -0.25) is 4.90 Å². The molecule has 21 heavy (non-hydrogen) atoms. The molecule has 1 N–H and O–H groups in total. The van der Waals surface area contributed by atoms with E-state index in [1.54, 1.807) is 0 Å². The van der Waals surface area contributed by atoms with Gasteiger partial charge in [-0.25, -0.2) is 0 Å². The summed E-state index contributed by atoms with van der Waals surface area (Å²) in [6.45, 7) is 8.26. The molecule has 2 nitrogen and oxygen atoms in total. The number of benzene rings is 1. The van der Waals surface area contributed by atoms with Gasteiger partial charge >= 0.3 is 0 Å². The third kappa shape index (κ3) is 2.74. The summed E-state index contributed by atoms with van der Waals surface area (Å²) in [6.07, 6.45) is 8.46. The summed E-state index contributed by atoms with van der Waals surface area (Å²) < 4.78 is 0. The van der Waals surface area contributed by atoms with E-state index in [9.17, 15) is 5.11 Å². The van der Waals surface area contributed by atoms with Crippen molar-refractivity contribution in [3.63, 3.8) is 0 Å². The standard InChI is InChI=1S/C19H27NO/c1-3-11-20(4-2)19-12-14-9-10-15(21)13-18(14)16-7-5-6-8-17(16)19/h3,9-10,13,16-17,19,21H,1,4-8,11-12H2,2H3/t16?,17-,19?/m0/s1. The van der Waals surface area contributed by atoms with Crippen LogP contribution in [0.15, 0.2) is 30.9 Å². The Morgan fingerprint density at radius 3 is 2.90 bits per heavy atom. The Labute approximate surface area is 128 Å². The first kappa shape index (κ1) is 14.6. The minimum atomic E-state index is 0.426. The molecule has 114 valence electrons. The van der Waals surface area contributed by atoms with Crippen molar-refractivity contribution < 1.29 is 5.11 Å². The maximum Gasteiger partial charge on any atom is 0.115 e. The number of fused-ring (bicyclic) bond motifs is 3. The second-order valence-corrected chi connectivity index (χ2v) is 6.59. The van der Waals surface area contributed by atoms with Crippen molar-refractivity contribution in [2.45, 2.75) is 51.0 Å². The second-order valence-electron chi connectivity index (χ2n) is 6.59. The van der Waals surface area contributed by atoms with Crippen LogP contribution in [-0.4, -0.2) is 29.1 Å². The number of hydrogen-bond donors (Lipinski definition) is 1. The quantitative estimate of drug-likeness (QED) is 0.842. The van der Waals surface area contributed by atoms with Crippen molar-refractivity contribution in [3.05, 3.63) is 42.0 Å². The summed E-state index contributed by atoms with van der Waals surface area (Å²) in [5.41, 5.74) is 2.87. The van der Waals surface area contributed by atoms with E-state index in [-0.39, 0.29) is 0 Å². The van der Waals surface area contributed by atoms with Crippen LogP contribution in [0.1, 0.15) is 49.7 Å². The van der Waals surface area contributed by atoms with Crippen molar-refractivity contribution in [2.24, 2.45) is 5.92 Å². The molecule has 0 aliphatic heterocycles. The fourth-order valence-corrected chi connectivity index (χ4v) is 4.56. The smallest absolute Gasteiger partial charge is 0.115 e. The zero-order valence-electron chi connectivity index (χ0n) is 13.1. The van der Waals surface area contributed by atoms with Gasteiger partial charge in [0.05, 0.1) is 0 Å². The minimum Gasteiger partial charge on any atom is -0.508 e. The molecule has 2 aliphatic rings. The average Bonchev–Trinajstić information content (AvgIpc) is 2.52. The molecule has 0 aromatic heterocycles. The number of nitrogens with zero attached hydrogens (tertiary/aromatic N) is 1. The van der Waals surface area contributed by atoms with Gasteiger partial charge in [0.2, 0.25) is 0 Å². The van der Waals surface area contributed by atoms with E-state index in [1.165, 1.54) is 36.8 Å². The van der Waals surface area contributed by atoms with Gasteiger partial charge in [0.25, 0.3) is 0 Å². The fourth-order valence-electron chi connectivity index (χ4n) is 4.56. The number of phenolic OH excluding ortho intramolecular Hbond substituents is 1. The Bertz CT molecular complexity index is 510. The first-order valence-corrected chi connectivity index (χ1v) is 8.41. The molecule has 0 amide bonds. The van der Waals surface area contributed by atoms with E-state index < -0.39 is 0 Å². The summed E-state index contributed by atoms with van der Waals surface area (Å²) in [7, 11) is 0. The predicted octanol–water partition coefficient (Wildman–Crippen LogP) is 4.10. The number of likely N-dealkylation sites (N-methyl/N-ethyl adjacent to an activating group) is 1. The average molecular weight is 285 g/mol. The van der Waals surface area contributed by atoms with Crippen LogP contribution >= 0.6 is 0 Å². The lowest BCUT2D eigenvalue weighted by molar-refractivity contribution is 0.107. The highest BCUT2D eigenvalue weighted by molar-refractivity contribution is 5.40. The SMILES string of the molecule is C=CCN(CC)C1Cc2ccc(O)cc2C2CCCC[C@@H]21. The summed E-state index contributed by atoms with van der Waals surface area (Å²) in [5, 5.41) is 9.86. The molecule has 2 aliphatic carbocycles. The lowest BCUT2D eigenvalue weighted by Gasteiger charge is -2.46. The summed E-state index contributed by atoms with van der Waals surface area (Å²) in [4.78, 5) is 2.59. The molecular weight excluding hydrogens is 258 g/mol. The zero-order chi connectivity index (χ0) is 14.8. The van der Waals surface area contributed by atoms with Gasteiger partial charge in [0.15, 0.2) is 0 Å². The molecule has 0 heterocycles. The topological polar surface area (TPSA) is 23.5 Å². The maximum absolute atomic E-state index is 9.86. The molecular formula is C19H27NO. The van der Waals surface area contributed by atoms with Crippen LogP contribution in [0.4, 0.5) is 0 Å². The molecule has 3 atom stereocenters. The number of phenols is 1. The van der Waals surface area contributed by atoms with Crippen LogP contribution in [-0.2, 0) is 6.42 Å². The van der Waals surface area contributed by atoms with Gasteiger partial charge in [-0.15, -0.1) is 6.58 Å². The molecule has 0 radical (unpaired) electrons. The Morgan fingerprint density at radius 2 is 2.14 bits per heavy atom. The van der Waals surface area contributed by atoms with Crippen LogP contribution in [0, 0.1) is 5.92 Å². The second kappa shape index (κ2) is 6.23. The molecule has 0 spiro atoms. The van der Waals surface area contributed by atoms with E-state index in [4.69, 9.17) is 0 Å². The van der Waals surface area contributed by atoms with E-state index in [2.05, 4.69) is 24.5 Å². The van der Waals surface area contributed by atoms with E-state index in [0.717, 1.165) is 25.4 Å². The third-order valence-corrected chi connectivity index (χ3v) is 5.51. The van der Waals surface area contributed by atoms with Gasteiger partial charge in [-0.05, 0) is 60.9 Å². The highest BCUT2D eigenvalue weighted by atomic mass is 16.3. The van der Waals surface area contributed by atoms with E-state index in [1.807, 2.05) is 18.2 Å². The van der Waals surface area contributed by atoms with Crippen molar-refractivity contribution in [3.8, 4) is 5.75 Å². The summed E-state index contributed by atoms with van der Waals surface area (Å²) in [6, 6.07) is 6.65. The maximum atomic E-state index is 9.86. The van der Waals surface area contributed by atoms with Gasteiger partial charge in [0, 0.05) is 12.6 Å². The normalized spacial score (nSPS) is 28.0. The molecule has 0 saturated heterocycles. The molecule has 1 saturated carbocycles. The molecule has 1 aromatic carbocycles. The molecule has 2 heteroatoms. The Kier molecular flexibility index (Phi) is 4.34. The lowest BCUT2D eigenvalue weighted by atomic mass is 9.65. The first-order valence-electron chi connectivity index (χ1n) is 8.41. The first-order chi connectivity index (χ1) is 10.2. The molecule has 3 rings (SSSR count). The molecule has 1 aromatic rings. The lowest BCUT2D eigenvalue weighted by Crippen LogP contribution is -2.47. The van der Waals surface area contributed by atoms with Crippen LogP contribution in [0.5, 0.6) is 5.75 Å². The molecule has 0 bridgehead atoms. The summed E-state index contributed by atoms with van der Waals surface area (Å²) in [5.74, 6) is 1.81. The predicted molar refractivity (Wildman–Crippen MR) is 87.7 cm³/mol. The zero-order valence-corrected chi connectivity index (χ0v) is 13.1. The number of aromatic hydroxyl groups is 1. The third-order valence-electron chi connectivity index (χ3n) is 5.51. The Hall–Kier alpha value is -1.28. The number of rotatable bonds is 4. The monoisotopic (exact) mass is 285 g/mol. The van der Waals surface area contributed by atoms with Crippen molar-refractivity contribution in [1.82, 2.24) is 4.90 Å². The Balaban J connectivity index is 1.96. The van der Waals surface area contributed by atoms with Crippen LogP contribution in [0.2, 0.25) is 0 Å². The highest BCUT2D eigenvalue weighted by Gasteiger charge is 2.40. The van der Waals surface area contributed by atoms with Crippen LogP contribution in [0.25, 0.3) is 0 Å².